The molecule has 0 saturated carbocycles. The smallest absolute Gasteiger partial charge is 0.251 e. The fourth-order valence-electron chi connectivity index (χ4n) is 1.79. The van der Waals surface area contributed by atoms with Crippen LogP contribution in [0.4, 0.5) is 0 Å². The fraction of sp³-hybridized carbons (Fsp3) is 0.188. The van der Waals surface area contributed by atoms with Crippen LogP contribution in [0, 0.1) is 0 Å². The van der Waals surface area contributed by atoms with Gasteiger partial charge in [-0.15, -0.1) is 11.6 Å². The van der Waals surface area contributed by atoms with E-state index in [4.69, 9.17) is 16.7 Å². The van der Waals surface area contributed by atoms with Crippen LogP contribution in [0.1, 0.15) is 27.0 Å². The standard InChI is InChI=1S/C16H16ClNO2/c17-9-12-5-7-15(8-6-12)16(20)18-10-13-1-3-14(11-19)4-2-13/h1-8,19H,9-11H2,(H,18,20). The molecule has 1 amide bonds. The van der Waals surface area contributed by atoms with Gasteiger partial charge in [0.15, 0.2) is 0 Å². The predicted octanol–water partition coefficient (Wildman–Crippen LogP) is 2.85. The average Bonchev–Trinajstić information content (AvgIpc) is 2.53. The molecule has 0 fully saturated rings. The van der Waals surface area contributed by atoms with Crippen molar-refractivity contribution in [3.8, 4) is 0 Å². The van der Waals surface area contributed by atoms with Gasteiger partial charge in [-0.3, -0.25) is 4.79 Å². The maximum Gasteiger partial charge on any atom is 0.251 e. The third-order valence-electron chi connectivity index (χ3n) is 3.03. The SMILES string of the molecule is O=C(NCc1ccc(CO)cc1)c1ccc(CCl)cc1. The van der Waals surface area contributed by atoms with Crippen molar-refractivity contribution in [3.63, 3.8) is 0 Å². The topological polar surface area (TPSA) is 49.3 Å². The second-order valence-corrected chi connectivity index (χ2v) is 4.76. The van der Waals surface area contributed by atoms with Crippen molar-refractivity contribution in [2.24, 2.45) is 0 Å². The van der Waals surface area contributed by atoms with Crippen LogP contribution < -0.4 is 5.32 Å². The number of halogens is 1. The number of hydrogen-bond acceptors (Lipinski definition) is 2. The number of aliphatic hydroxyl groups is 1. The molecule has 0 spiro atoms. The van der Waals surface area contributed by atoms with E-state index < -0.39 is 0 Å². The molecular weight excluding hydrogens is 274 g/mol. The number of amides is 1. The molecule has 0 unspecified atom stereocenters. The van der Waals surface area contributed by atoms with E-state index in [-0.39, 0.29) is 12.5 Å². The van der Waals surface area contributed by atoms with Crippen LogP contribution in [0.2, 0.25) is 0 Å². The van der Waals surface area contributed by atoms with Crippen molar-refractivity contribution in [1.82, 2.24) is 5.32 Å². The second-order valence-electron chi connectivity index (χ2n) is 4.49. The van der Waals surface area contributed by atoms with Gasteiger partial charge in [-0.25, -0.2) is 0 Å². The van der Waals surface area contributed by atoms with E-state index in [9.17, 15) is 4.79 Å². The zero-order valence-electron chi connectivity index (χ0n) is 11.0. The molecule has 0 aromatic heterocycles. The van der Waals surface area contributed by atoms with Crippen LogP contribution in [-0.2, 0) is 19.0 Å². The first kappa shape index (κ1) is 14.6. The van der Waals surface area contributed by atoms with E-state index in [2.05, 4.69) is 5.32 Å². The molecule has 0 heterocycles. The maximum absolute atomic E-state index is 12.0. The van der Waals surface area contributed by atoms with Gasteiger partial charge in [0.1, 0.15) is 0 Å². The largest absolute Gasteiger partial charge is 0.392 e. The number of carbonyl (C=O) groups excluding carboxylic acids is 1. The van der Waals surface area contributed by atoms with Crippen LogP contribution >= 0.6 is 11.6 Å². The first-order chi connectivity index (χ1) is 9.72. The lowest BCUT2D eigenvalue weighted by Crippen LogP contribution is -2.22. The van der Waals surface area contributed by atoms with E-state index in [1.807, 2.05) is 36.4 Å². The summed E-state index contributed by atoms with van der Waals surface area (Å²) in [5.41, 5.74) is 3.46. The maximum atomic E-state index is 12.0. The highest BCUT2D eigenvalue weighted by Crippen LogP contribution is 2.08. The number of benzene rings is 2. The van der Waals surface area contributed by atoms with Crippen molar-refractivity contribution >= 4 is 17.5 Å². The molecular formula is C16H16ClNO2. The van der Waals surface area contributed by atoms with Gasteiger partial charge in [-0.2, -0.15) is 0 Å². The number of alkyl halides is 1. The van der Waals surface area contributed by atoms with Gasteiger partial charge in [0.2, 0.25) is 0 Å². The number of hydrogen-bond donors (Lipinski definition) is 2. The Morgan fingerprint density at radius 1 is 0.950 bits per heavy atom. The van der Waals surface area contributed by atoms with Crippen molar-refractivity contribution in [2.45, 2.75) is 19.0 Å². The summed E-state index contributed by atoms with van der Waals surface area (Å²) >= 11 is 5.71. The Morgan fingerprint density at radius 2 is 1.50 bits per heavy atom. The Bertz CT molecular complexity index is 564. The van der Waals surface area contributed by atoms with Gasteiger partial charge in [0.05, 0.1) is 6.61 Å². The number of nitrogens with one attached hydrogen (secondary N) is 1. The van der Waals surface area contributed by atoms with Crippen LogP contribution in [-0.4, -0.2) is 11.0 Å². The lowest BCUT2D eigenvalue weighted by atomic mass is 10.1. The Balaban J connectivity index is 1.93. The Hall–Kier alpha value is -1.84. The summed E-state index contributed by atoms with van der Waals surface area (Å²) < 4.78 is 0. The quantitative estimate of drug-likeness (QED) is 0.832. The Labute approximate surface area is 123 Å². The molecule has 0 aliphatic heterocycles. The molecule has 2 N–H and O–H groups in total. The highest BCUT2D eigenvalue weighted by Gasteiger charge is 2.05. The van der Waals surface area contributed by atoms with E-state index in [1.165, 1.54) is 0 Å². The van der Waals surface area contributed by atoms with Gasteiger partial charge >= 0.3 is 0 Å². The molecule has 0 radical (unpaired) electrons. The molecule has 3 nitrogen and oxygen atoms in total. The zero-order chi connectivity index (χ0) is 14.4. The van der Waals surface area contributed by atoms with Crippen LogP contribution in [0.15, 0.2) is 48.5 Å². The molecule has 0 aliphatic carbocycles. The third kappa shape index (κ3) is 3.83. The highest BCUT2D eigenvalue weighted by molar-refractivity contribution is 6.17. The number of aliphatic hydroxyl groups excluding tert-OH is 1. The van der Waals surface area contributed by atoms with Gasteiger partial charge in [-0.1, -0.05) is 36.4 Å². The van der Waals surface area contributed by atoms with E-state index in [0.29, 0.717) is 18.0 Å². The molecule has 0 bridgehead atoms. The molecule has 20 heavy (non-hydrogen) atoms. The first-order valence-corrected chi connectivity index (χ1v) is 6.88. The summed E-state index contributed by atoms with van der Waals surface area (Å²) in [5.74, 6) is 0.330. The van der Waals surface area contributed by atoms with Crippen LogP contribution in [0.5, 0.6) is 0 Å². The van der Waals surface area contributed by atoms with Crippen LogP contribution in [0.3, 0.4) is 0 Å². The molecule has 2 aromatic rings. The summed E-state index contributed by atoms with van der Waals surface area (Å²) in [6.45, 7) is 0.487. The first-order valence-electron chi connectivity index (χ1n) is 6.34. The molecule has 0 atom stereocenters. The van der Waals surface area contributed by atoms with Gasteiger partial charge in [-0.05, 0) is 28.8 Å². The summed E-state index contributed by atoms with van der Waals surface area (Å²) in [6.07, 6.45) is 0. The average molecular weight is 290 g/mol. The van der Waals surface area contributed by atoms with Gasteiger partial charge < -0.3 is 10.4 Å². The minimum absolute atomic E-state index is 0.0273. The minimum Gasteiger partial charge on any atom is -0.392 e. The summed E-state index contributed by atoms with van der Waals surface area (Å²) in [5, 5.41) is 11.8. The molecule has 2 aromatic carbocycles. The summed E-state index contributed by atoms with van der Waals surface area (Å²) in [4.78, 5) is 12.0. The van der Waals surface area contributed by atoms with Gasteiger partial charge in [0.25, 0.3) is 5.91 Å². The Morgan fingerprint density at radius 3 is 2.05 bits per heavy atom. The number of carbonyl (C=O) groups is 1. The zero-order valence-corrected chi connectivity index (χ0v) is 11.7. The van der Waals surface area contributed by atoms with Crippen LogP contribution in [0.25, 0.3) is 0 Å². The van der Waals surface area contributed by atoms with E-state index in [1.54, 1.807) is 12.1 Å². The predicted molar refractivity (Wildman–Crippen MR) is 79.5 cm³/mol. The highest BCUT2D eigenvalue weighted by atomic mass is 35.5. The number of rotatable bonds is 5. The van der Waals surface area contributed by atoms with Gasteiger partial charge in [0, 0.05) is 18.0 Å². The summed E-state index contributed by atoms with van der Waals surface area (Å²) in [6, 6.07) is 14.7. The lowest BCUT2D eigenvalue weighted by molar-refractivity contribution is 0.0951. The molecule has 0 aliphatic rings. The Kier molecular flexibility index (Phi) is 5.16. The van der Waals surface area contributed by atoms with Crippen molar-refractivity contribution < 1.29 is 9.90 Å². The second kappa shape index (κ2) is 7.08. The summed E-state index contributed by atoms with van der Waals surface area (Å²) in [7, 11) is 0. The fourth-order valence-corrected chi connectivity index (χ4v) is 1.97. The minimum atomic E-state index is -0.114. The van der Waals surface area contributed by atoms with E-state index in [0.717, 1.165) is 16.7 Å². The normalized spacial score (nSPS) is 10.3. The molecule has 4 heteroatoms. The monoisotopic (exact) mass is 289 g/mol. The lowest BCUT2D eigenvalue weighted by Gasteiger charge is -2.06. The molecule has 104 valence electrons. The van der Waals surface area contributed by atoms with E-state index >= 15 is 0 Å². The van der Waals surface area contributed by atoms with Crippen molar-refractivity contribution in [2.75, 3.05) is 0 Å². The van der Waals surface area contributed by atoms with Crippen molar-refractivity contribution in [1.29, 1.82) is 0 Å². The molecule has 2 rings (SSSR count). The molecule has 0 saturated heterocycles. The third-order valence-corrected chi connectivity index (χ3v) is 3.34. The van der Waals surface area contributed by atoms with Crippen molar-refractivity contribution in [3.05, 3.63) is 70.8 Å².